The van der Waals surface area contributed by atoms with E-state index in [9.17, 15) is 4.79 Å². The average Bonchev–Trinajstić information content (AvgIpc) is 3.00. The van der Waals surface area contributed by atoms with E-state index < -0.39 is 0 Å². The SMILES string of the molecule is NC1CCC2CN(C(=O)COc3ccccc3)CC12. The van der Waals surface area contributed by atoms with Gasteiger partial charge in [0, 0.05) is 19.1 Å². The highest BCUT2D eigenvalue weighted by Crippen LogP contribution is 2.37. The van der Waals surface area contributed by atoms with Crippen LogP contribution in [-0.2, 0) is 4.79 Å². The molecule has 1 aromatic rings. The number of nitrogens with two attached hydrogens (primary N) is 1. The summed E-state index contributed by atoms with van der Waals surface area (Å²) < 4.78 is 5.51. The van der Waals surface area contributed by atoms with Gasteiger partial charge in [0.15, 0.2) is 6.61 Å². The Labute approximate surface area is 113 Å². The molecule has 102 valence electrons. The normalized spacial score (nSPS) is 29.3. The van der Waals surface area contributed by atoms with Crippen LogP contribution in [0.4, 0.5) is 0 Å². The summed E-state index contributed by atoms with van der Waals surface area (Å²) in [6.45, 7) is 1.79. The molecule has 2 N–H and O–H groups in total. The first-order chi connectivity index (χ1) is 9.24. The van der Waals surface area contributed by atoms with Gasteiger partial charge in [-0.2, -0.15) is 0 Å². The van der Waals surface area contributed by atoms with Crippen LogP contribution >= 0.6 is 0 Å². The van der Waals surface area contributed by atoms with Crippen LogP contribution in [0.5, 0.6) is 5.75 Å². The molecule has 1 amide bonds. The second kappa shape index (κ2) is 5.21. The summed E-state index contributed by atoms with van der Waals surface area (Å²) in [5, 5.41) is 0. The third kappa shape index (κ3) is 2.59. The van der Waals surface area contributed by atoms with Crippen molar-refractivity contribution in [2.24, 2.45) is 17.6 Å². The van der Waals surface area contributed by atoms with Crippen LogP contribution in [0.3, 0.4) is 0 Å². The van der Waals surface area contributed by atoms with E-state index in [1.165, 1.54) is 0 Å². The third-order valence-corrected chi connectivity index (χ3v) is 4.37. The Balaban J connectivity index is 1.52. The van der Waals surface area contributed by atoms with Gasteiger partial charge in [0.05, 0.1) is 0 Å². The lowest BCUT2D eigenvalue weighted by atomic mass is 9.98. The first-order valence-electron chi connectivity index (χ1n) is 6.95. The largest absolute Gasteiger partial charge is 0.484 e. The Bertz CT molecular complexity index is 449. The maximum Gasteiger partial charge on any atom is 0.260 e. The molecule has 1 aliphatic carbocycles. The topological polar surface area (TPSA) is 55.6 Å². The fourth-order valence-corrected chi connectivity index (χ4v) is 3.26. The standard InChI is InChI=1S/C15H20N2O2/c16-14-7-6-11-8-17(9-13(11)14)15(18)10-19-12-4-2-1-3-5-12/h1-5,11,13-14H,6-10,16H2. The van der Waals surface area contributed by atoms with Gasteiger partial charge in [-0.1, -0.05) is 18.2 Å². The molecule has 3 atom stereocenters. The monoisotopic (exact) mass is 260 g/mol. The summed E-state index contributed by atoms with van der Waals surface area (Å²) >= 11 is 0. The number of amides is 1. The molecule has 2 aliphatic rings. The average molecular weight is 260 g/mol. The van der Waals surface area contributed by atoms with E-state index in [1.807, 2.05) is 35.2 Å². The minimum absolute atomic E-state index is 0.0745. The highest BCUT2D eigenvalue weighted by atomic mass is 16.5. The molecule has 2 fully saturated rings. The van der Waals surface area contributed by atoms with Crippen LogP contribution < -0.4 is 10.5 Å². The number of para-hydroxylation sites is 1. The van der Waals surface area contributed by atoms with Gasteiger partial charge in [0.2, 0.25) is 0 Å². The second-order valence-corrected chi connectivity index (χ2v) is 5.57. The molecule has 0 aromatic heterocycles. The van der Waals surface area contributed by atoms with Crippen molar-refractivity contribution < 1.29 is 9.53 Å². The second-order valence-electron chi connectivity index (χ2n) is 5.57. The molecule has 3 rings (SSSR count). The van der Waals surface area contributed by atoms with E-state index >= 15 is 0 Å². The van der Waals surface area contributed by atoms with E-state index in [1.54, 1.807) is 0 Å². The summed E-state index contributed by atoms with van der Waals surface area (Å²) in [5.74, 6) is 1.92. The number of hydrogen-bond donors (Lipinski definition) is 1. The lowest BCUT2D eigenvalue weighted by Gasteiger charge is -2.18. The van der Waals surface area contributed by atoms with E-state index in [0.29, 0.717) is 11.8 Å². The highest BCUT2D eigenvalue weighted by Gasteiger charge is 2.42. The molecular weight excluding hydrogens is 240 g/mol. The molecule has 1 aliphatic heterocycles. The summed E-state index contributed by atoms with van der Waals surface area (Å²) in [7, 11) is 0. The van der Waals surface area contributed by atoms with Crippen molar-refractivity contribution >= 4 is 5.91 Å². The van der Waals surface area contributed by atoms with Gasteiger partial charge >= 0.3 is 0 Å². The molecule has 0 radical (unpaired) electrons. The van der Waals surface area contributed by atoms with Crippen molar-refractivity contribution in [2.75, 3.05) is 19.7 Å². The minimum atomic E-state index is 0.0745. The number of carbonyl (C=O) groups is 1. The summed E-state index contributed by atoms with van der Waals surface area (Å²) in [5.41, 5.74) is 6.08. The van der Waals surface area contributed by atoms with Crippen molar-refractivity contribution in [2.45, 2.75) is 18.9 Å². The molecule has 1 heterocycles. The lowest BCUT2D eigenvalue weighted by Crippen LogP contribution is -2.36. The maximum absolute atomic E-state index is 12.1. The first-order valence-corrected chi connectivity index (χ1v) is 6.95. The van der Waals surface area contributed by atoms with Gasteiger partial charge in [0.25, 0.3) is 5.91 Å². The molecule has 4 nitrogen and oxygen atoms in total. The van der Waals surface area contributed by atoms with Crippen LogP contribution in [0, 0.1) is 11.8 Å². The molecule has 19 heavy (non-hydrogen) atoms. The minimum Gasteiger partial charge on any atom is -0.484 e. The predicted molar refractivity (Wildman–Crippen MR) is 72.7 cm³/mol. The van der Waals surface area contributed by atoms with Crippen LogP contribution in [0.1, 0.15) is 12.8 Å². The van der Waals surface area contributed by atoms with Gasteiger partial charge in [-0.05, 0) is 36.8 Å². The van der Waals surface area contributed by atoms with Gasteiger partial charge in [0.1, 0.15) is 5.75 Å². The Hall–Kier alpha value is -1.55. The Morgan fingerprint density at radius 2 is 2.05 bits per heavy atom. The summed E-state index contributed by atoms with van der Waals surface area (Å²) in [4.78, 5) is 14.0. The van der Waals surface area contributed by atoms with Crippen molar-refractivity contribution in [3.05, 3.63) is 30.3 Å². The van der Waals surface area contributed by atoms with Gasteiger partial charge < -0.3 is 15.4 Å². The number of benzene rings is 1. The third-order valence-electron chi connectivity index (χ3n) is 4.37. The van der Waals surface area contributed by atoms with Crippen molar-refractivity contribution in [1.82, 2.24) is 4.90 Å². The first kappa shape index (κ1) is 12.5. The molecule has 0 spiro atoms. The number of fused-ring (bicyclic) bond motifs is 1. The van der Waals surface area contributed by atoms with E-state index in [-0.39, 0.29) is 18.6 Å². The van der Waals surface area contributed by atoms with Crippen LogP contribution in [0.15, 0.2) is 30.3 Å². The highest BCUT2D eigenvalue weighted by molar-refractivity contribution is 5.78. The molecular formula is C15H20N2O2. The number of likely N-dealkylation sites (tertiary alicyclic amines) is 1. The quantitative estimate of drug-likeness (QED) is 0.890. The zero-order valence-electron chi connectivity index (χ0n) is 11.0. The Morgan fingerprint density at radius 3 is 2.79 bits per heavy atom. The zero-order chi connectivity index (χ0) is 13.2. The van der Waals surface area contributed by atoms with Crippen molar-refractivity contribution in [3.63, 3.8) is 0 Å². The van der Waals surface area contributed by atoms with Crippen molar-refractivity contribution in [1.29, 1.82) is 0 Å². The van der Waals surface area contributed by atoms with E-state index in [0.717, 1.165) is 31.7 Å². The van der Waals surface area contributed by atoms with Crippen molar-refractivity contribution in [3.8, 4) is 5.75 Å². The molecule has 3 unspecified atom stereocenters. The van der Waals surface area contributed by atoms with E-state index in [4.69, 9.17) is 10.5 Å². The van der Waals surface area contributed by atoms with Crippen LogP contribution in [-0.4, -0.2) is 36.5 Å². The molecule has 1 saturated carbocycles. The molecule has 0 bridgehead atoms. The maximum atomic E-state index is 12.1. The Morgan fingerprint density at radius 1 is 1.26 bits per heavy atom. The number of rotatable bonds is 3. The number of ether oxygens (including phenoxy) is 1. The summed E-state index contributed by atoms with van der Waals surface area (Å²) in [6.07, 6.45) is 2.27. The fraction of sp³-hybridized carbons (Fsp3) is 0.533. The summed E-state index contributed by atoms with van der Waals surface area (Å²) in [6, 6.07) is 9.73. The zero-order valence-corrected chi connectivity index (χ0v) is 11.0. The van der Waals surface area contributed by atoms with Gasteiger partial charge in [-0.3, -0.25) is 4.79 Å². The van der Waals surface area contributed by atoms with Gasteiger partial charge in [-0.15, -0.1) is 0 Å². The molecule has 4 heteroatoms. The smallest absolute Gasteiger partial charge is 0.260 e. The van der Waals surface area contributed by atoms with Crippen LogP contribution in [0.2, 0.25) is 0 Å². The number of hydrogen-bond acceptors (Lipinski definition) is 3. The number of carbonyl (C=O) groups excluding carboxylic acids is 1. The number of nitrogens with zero attached hydrogens (tertiary/aromatic N) is 1. The Kier molecular flexibility index (Phi) is 3.42. The van der Waals surface area contributed by atoms with Crippen LogP contribution in [0.25, 0.3) is 0 Å². The van der Waals surface area contributed by atoms with E-state index in [2.05, 4.69) is 0 Å². The lowest BCUT2D eigenvalue weighted by molar-refractivity contribution is -0.132. The molecule has 1 saturated heterocycles. The predicted octanol–water partition coefficient (Wildman–Crippen LogP) is 1.26. The molecule has 1 aromatic carbocycles. The van der Waals surface area contributed by atoms with Gasteiger partial charge in [-0.25, -0.2) is 0 Å². The fourth-order valence-electron chi connectivity index (χ4n) is 3.26.